The summed E-state index contributed by atoms with van der Waals surface area (Å²) in [6.45, 7) is 5.28. The van der Waals surface area contributed by atoms with Gasteiger partial charge in [0.25, 0.3) is 5.91 Å². The minimum atomic E-state index is -0.400. The molecule has 0 N–H and O–H groups in total. The molecule has 1 aliphatic rings. The van der Waals surface area contributed by atoms with Gasteiger partial charge in [-0.2, -0.15) is 0 Å². The first kappa shape index (κ1) is 16.0. The maximum absolute atomic E-state index is 12.6. The zero-order chi connectivity index (χ0) is 16.6. The second-order valence-electron chi connectivity index (χ2n) is 5.90. The summed E-state index contributed by atoms with van der Waals surface area (Å²) in [5.74, 6) is 1.05. The van der Waals surface area contributed by atoms with Gasteiger partial charge in [-0.1, -0.05) is 25.4 Å². The molecule has 0 bridgehead atoms. The van der Waals surface area contributed by atoms with E-state index in [4.69, 9.17) is 20.8 Å². The van der Waals surface area contributed by atoms with E-state index < -0.39 is 6.10 Å². The number of hydrogen-bond acceptors (Lipinski definition) is 5. The Labute approximate surface area is 139 Å². The fraction of sp³-hybridized carbons (Fsp3) is 0.533. The largest absolute Gasteiger partial charge is 0.422 e. The van der Waals surface area contributed by atoms with Crippen molar-refractivity contribution in [1.82, 2.24) is 19.7 Å². The van der Waals surface area contributed by atoms with Gasteiger partial charge in [0.05, 0.1) is 18.2 Å². The Morgan fingerprint density at radius 1 is 1.43 bits per heavy atom. The fourth-order valence-electron chi connectivity index (χ4n) is 2.49. The van der Waals surface area contributed by atoms with Crippen molar-refractivity contribution >= 4 is 17.5 Å². The highest BCUT2D eigenvalue weighted by atomic mass is 35.5. The maximum atomic E-state index is 12.6. The molecule has 0 aliphatic carbocycles. The van der Waals surface area contributed by atoms with E-state index in [-0.39, 0.29) is 11.8 Å². The molecule has 2 aromatic rings. The smallest absolute Gasteiger partial charge is 0.270 e. The van der Waals surface area contributed by atoms with Gasteiger partial charge in [0, 0.05) is 25.7 Å². The van der Waals surface area contributed by atoms with Crippen LogP contribution in [0, 0.1) is 0 Å². The molecule has 2 aromatic heterocycles. The fourth-order valence-corrected chi connectivity index (χ4v) is 2.74. The molecule has 3 rings (SSSR count). The third kappa shape index (κ3) is 3.25. The van der Waals surface area contributed by atoms with Crippen LogP contribution in [0.15, 0.2) is 16.7 Å². The van der Waals surface area contributed by atoms with E-state index in [0.717, 1.165) is 0 Å². The summed E-state index contributed by atoms with van der Waals surface area (Å²) in [6, 6.07) is 1.66. The van der Waals surface area contributed by atoms with E-state index in [2.05, 4.69) is 10.2 Å². The Balaban J connectivity index is 1.75. The monoisotopic (exact) mass is 338 g/mol. The van der Waals surface area contributed by atoms with Gasteiger partial charge in [-0.15, -0.1) is 10.2 Å². The maximum Gasteiger partial charge on any atom is 0.270 e. The standard InChI is InChI=1S/C15H19ClN4O3/c1-9(2)13-17-18-14(23-13)12-8-20(4-5-22-12)15(21)11-6-10(16)7-19(11)3/h6-7,9,12H,4-5,8H2,1-3H3/t12-/m0/s1. The van der Waals surface area contributed by atoms with Crippen LogP contribution < -0.4 is 0 Å². The van der Waals surface area contributed by atoms with Crippen molar-refractivity contribution in [2.75, 3.05) is 19.7 Å². The molecule has 1 atom stereocenters. The average Bonchev–Trinajstić information content (AvgIpc) is 3.13. The van der Waals surface area contributed by atoms with Crippen molar-refractivity contribution in [1.29, 1.82) is 0 Å². The topological polar surface area (TPSA) is 73.4 Å². The Bertz CT molecular complexity index is 709. The quantitative estimate of drug-likeness (QED) is 0.859. The Morgan fingerprint density at radius 2 is 2.22 bits per heavy atom. The van der Waals surface area contributed by atoms with Crippen molar-refractivity contribution in [2.24, 2.45) is 7.05 Å². The number of ether oxygens (including phenoxy) is 1. The lowest BCUT2D eigenvalue weighted by atomic mass is 10.2. The molecule has 1 amide bonds. The number of aromatic nitrogens is 3. The molecule has 0 spiro atoms. The van der Waals surface area contributed by atoms with E-state index in [1.54, 1.807) is 28.8 Å². The first-order valence-electron chi connectivity index (χ1n) is 7.51. The summed E-state index contributed by atoms with van der Waals surface area (Å²) in [5.41, 5.74) is 0.545. The predicted molar refractivity (Wildman–Crippen MR) is 83.4 cm³/mol. The lowest BCUT2D eigenvalue weighted by Gasteiger charge is -2.31. The second-order valence-corrected chi connectivity index (χ2v) is 6.33. The van der Waals surface area contributed by atoms with Crippen LogP contribution in [0.5, 0.6) is 0 Å². The number of nitrogens with zero attached hydrogens (tertiary/aromatic N) is 4. The van der Waals surface area contributed by atoms with Crippen LogP contribution in [0.3, 0.4) is 0 Å². The van der Waals surface area contributed by atoms with Gasteiger partial charge in [-0.25, -0.2) is 0 Å². The van der Waals surface area contributed by atoms with Crippen molar-refractivity contribution in [2.45, 2.75) is 25.9 Å². The number of carbonyl (C=O) groups is 1. The first-order valence-corrected chi connectivity index (χ1v) is 7.89. The average molecular weight is 339 g/mol. The van der Waals surface area contributed by atoms with Gasteiger partial charge in [-0.05, 0) is 6.07 Å². The molecule has 0 unspecified atom stereocenters. The van der Waals surface area contributed by atoms with Gasteiger partial charge in [0.1, 0.15) is 5.69 Å². The molecule has 7 nitrogen and oxygen atoms in total. The molecule has 1 saturated heterocycles. The van der Waals surface area contributed by atoms with Gasteiger partial charge in [-0.3, -0.25) is 4.79 Å². The highest BCUT2D eigenvalue weighted by Crippen LogP contribution is 2.25. The number of carbonyl (C=O) groups excluding carboxylic acids is 1. The minimum absolute atomic E-state index is 0.0868. The lowest BCUT2D eigenvalue weighted by Crippen LogP contribution is -2.42. The third-order valence-electron chi connectivity index (χ3n) is 3.77. The molecule has 1 fully saturated rings. The van der Waals surface area contributed by atoms with Gasteiger partial charge >= 0.3 is 0 Å². The SMILES string of the molecule is CC(C)c1nnc([C@@H]2CN(C(=O)c3cc(Cl)cn3C)CCO2)o1. The molecule has 0 saturated carbocycles. The van der Waals surface area contributed by atoms with Crippen LogP contribution >= 0.6 is 11.6 Å². The zero-order valence-corrected chi connectivity index (χ0v) is 14.1. The van der Waals surface area contributed by atoms with E-state index in [1.165, 1.54) is 0 Å². The van der Waals surface area contributed by atoms with Crippen molar-refractivity contribution in [3.63, 3.8) is 0 Å². The summed E-state index contributed by atoms with van der Waals surface area (Å²) >= 11 is 5.96. The van der Waals surface area contributed by atoms with Crippen LogP contribution in [0.25, 0.3) is 0 Å². The summed E-state index contributed by atoms with van der Waals surface area (Å²) in [7, 11) is 1.80. The number of aryl methyl sites for hydroxylation is 1. The number of morpholine rings is 1. The summed E-state index contributed by atoms with van der Waals surface area (Å²) < 4.78 is 13.0. The van der Waals surface area contributed by atoms with Gasteiger partial charge in [0.15, 0.2) is 6.10 Å². The summed E-state index contributed by atoms with van der Waals surface area (Å²) in [4.78, 5) is 14.4. The van der Waals surface area contributed by atoms with E-state index in [1.807, 2.05) is 13.8 Å². The predicted octanol–water partition coefficient (Wildman–Crippen LogP) is 2.40. The molecule has 8 heteroatoms. The second kappa shape index (κ2) is 6.33. The van der Waals surface area contributed by atoms with Crippen LogP contribution in [-0.4, -0.2) is 45.3 Å². The zero-order valence-electron chi connectivity index (χ0n) is 13.3. The van der Waals surface area contributed by atoms with E-state index in [0.29, 0.717) is 42.2 Å². The van der Waals surface area contributed by atoms with Crippen LogP contribution in [0.2, 0.25) is 5.02 Å². The molecule has 124 valence electrons. The number of amides is 1. The molecule has 1 aliphatic heterocycles. The van der Waals surface area contributed by atoms with Gasteiger partial charge < -0.3 is 18.6 Å². The molecular formula is C15H19ClN4O3. The first-order chi connectivity index (χ1) is 11.0. The molecular weight excluding hydrogens is 320 g/mol. The van der Waals surface area contributed by atoms with Crippen LogP contribution in [0.1, 0.15) is 48.1 Å². The number of rotatable bonds is 3. The van der Waals surface area contributed by atoms with Crippen LogP contribution in [0.4, 0.5) is 0 Å². The van der Waals surface area contributed by atoms with Crippen LogP contribution in [-0.2, 0) is 11.8 Å². The minimum Gasteiger partial charge on any atom is -0.422 e. The normalized spacial score (nSPS) is 18.7. The van der Waals surface area contributed by atoms with Crippen molar-refractivity contribution in [3.8, 4) is 0 Å². The van der Waals surface area contributed by atoms with Crippen molar-refractivity contribution < 1.29 is 13.9 Å². The Kier molecular flexibility index (Phi) is 4.41. The number of hydrogen-bond donors (Lipinski definition) is 0. The molecule has 23 heavy (non-hydrogen) atoms. The Hall–Kier alpha value is -1.86. The van der Waals surface area contributed by atoms with Gasteiger partial charge in [0.2, 0.25) is 11.8 Å². The van der Waals surface area contributed by atoms with E-state index in [9.17, 15) is 4.79 Å². The highest BCUT2D eigenvalue weighted by molar-refractivity contribution is 6.31. The Morgan fingerprint density at radius 3 is 2.83 bits per heavy atom. The molecule has 0 aromatic carbocycles. The highest BCUT2D eigenvalue weighted by Gasteiger charge is 2.30. The lowest BCUT2D eigenvalue weighted by molar-refractivity contribution is -0.0353. The number of halogens is 1. The summed E-state index contributed by atoms with van der Waals surface area (Å²) in [6.07, 6.45) is 1.31. The van der Waals surface area contributed by atoms with Crippen molar-refractivity contribution in [3.05, 3.63) is 34.8 Å². The third-order valence-corrected chi connectivity index (χ3v) is 3.98. The molecule has 3 heterocycles. The molecule has 0 radical (unpaired) electrons. The summed E-state index contributed by atoms with van der Waals surface area (Å²) in [5, 5.41) is 8.60. The van der Waals surface area contributed by atoms with E-state index >= 15 is 0 Å².